The topological polar surface area (TPSA) is 31.2 Å². The molecule has 154 valence electrons. The zero-order chi connectivity index (χ0) is 21.0. The SMILES string of the molecule is CN(C)c1ccccc1CSC1=NC(C)(C)C(SCc2ccccc2N(C)C)=N1. The van der Waals surface area contributed by atoms with Crippen molar-refractivity contribution >= 4 is 45.1 Å². The summed E-state index contributed by atoms with van der Waals surface area (Å²) in [7, 11) is 8.34. The summed E-state index contributed by atoms with van der Waals surface area (Å²) in [4.78, 5) is 14.1. The molecule has 4 nitrogen and oxygen atoms in total. The quantitative estimate of drug-likeness (QED) is 0.607. The third-order valence-electron chi connectivity index (χ3n) is 4.76. The summed E-state index contributed by atoms with van der Waals surface area (Å²) in [5.41, 5.74) is 4.87. The van der Waals surface area contributed by atoms with Crippen LogP contribution in [0.25, 0.3) is 0 Å². The molecule has 0 aromatic heterocycles. The van der Waals surface area contributed by atoms with Crippen molar-refractivity contribution in [2.75, 3.05) is 38.0 Å². The third kappa shape index (κ3) is 5.37. The van der Waals surface area contributed by atoms with Gasteiger partial charge in [-0.05, 0) is 37.1 Å². The lowest BCUT2D eigenvalue weighted by atomic mass is 10.1. The number of amidine groups is 1. The van der Waals surface area contributed by atoms with Crippen LogP contribution in [0.4, 0.5) is 11.4 Å². The van der Waals surface area contributed by atoms with Gasteiger partial charge in [-0.2, -0.15) is 0 Å². The first-order valence-electron chi connectivity index (χ1n) is 9.73. The molecule has 0 unspecified atom stereocenters. The average molecular weight is 427 g/mol. The van der Waals surface area contributed by atoms with E-state index in [4.69, 9.17) is 9.98 Å². The first-order chi connectivity index (χ1) is 13.8. The van der Waals surface area contributed by atoms with Crippen molar-refractivity contribution in [2.45, 2.75) is 30.9 Å². The van der Waals surface area contributed by atoms with Crippen LogP contribution in [0.2, 0.25) is 0 Å². The zero-order valence-electron chi connectivity index (χ0n) is 18.1. The van der Waals surface area contributed by atoms with Crippen LogP contribution in [0.1, 0.15) is 25.0 Å². The van der Waals surface area contributed by atoms with E-state index in [0.717, 1.165) is 21.7 Å². The van der Waals surface area contributed by atoms with Crippen molar-refractivity contribution in [3.05, 3.63) is 59.7 Å². The number of thioether (sulfide) groups is 2. The van der Waals surface area contributed by atoms with Crippen LogP contribution in [0.3, 0.4) is 0 Å². The highest BCUT2D eigenvalue weighted by Gasteiger charge is 2.31. The van der Waals surface area contributed by atoms with E-state index in [-0.39, 0.29) is 5.54 Å². The summed E-state index contributed by atoms with van der Waals surface area (Å²) >= 11 is 3.52. The van der Waals surface area contributed by atoms with Crippen molar-refractivity contribution in [1.29, 1.82) is 0 Å². The number of hydrogen-bond acceptors (Lipinski definition) is 6. The molecule has 1 aliphatic rings. The Morgan fingerprint density at radius 1 is 0.759 bits per heavy atom. The summed E-state index contributed by atoms with van der Waals surface area (Å²) in [6.07, 6.45) is 0. The van der Waals surface area contributed by atoms with Crippen LogP contribution in [0, 0.1) is 0 Å². The minimum Gasteiger partial charge on any atom is -0.377 e. The highest BCUT2D eigenvalue weighted by Crippen LogP contribution is 2.34. The van der Waals surface area contributed by atoms with Crippen LogP contribution in [-0.2, 0) is 11.5 Å². The molecule has 0 N–H and O–H groups in total. The minimum atomic E-state index is -0.263. The molecule has 2 aromatic carbocycles. The van der Waals surface area contributed by atoms with Crippen molar-refractivity contribution in [1.82, 2.24) is 0 Å². The molecule has 6 heteroatoms. The Kier molecular flexibility index (Phi) is 6.96. The van der Waals surface area contributed by atoms with Gasteiger partial charge >= 0.3 is 0 Å². The van der Waals surface area contributed by atoms with Crippen LogP contribution in [-0.4, -0.2) is 43.9 Å². The molecule has 0 aliphatic carbocycles. The lowest BCUT2D eigenvalue weighted by molar-refractivity contribution is 0.728. The molecule has 1 aliphatic heterocycles. The largest absolute Gasteiger partial charge is 0.377 e. The van der Waals surface area contributed by atoms with E-state index in [0.29, 0.717) is 0 Å². The smallest absolute Gasteiger partial charge is 0.185 e. The molecule has 2 aromatic rings. The fourth-order valence-electron chi connectivity index (χ4n) is 3.24. The Hall–Kier alpha value is -1.92. The van der Waals surface area contributed by atoms with E-state index in [9.17, 15) is 0 Å². The number of rotatable bonds is 6. The van der Waals surface area contributed by atoms with E-state index in [2.05, 4.69) is 100 Å². The Morgan fingerprint density at radius 3 is 1.76 bits per heavy atom. The van der Waals surface area contributed by atoms with E-state index in [1.165, 1.54) is 22.5 Å². The molecule has 0 amide bonds. The summed E-state index contributed by atoms with van der Waals surface area (Å²) < 4.78 is 0. The molecule has 0 radical (unpaired) electrons. The molecule has 0 saturated heterocycles. The summed E-state index contributed by atoms with van der Waals surface area (Å²) in [6.45, 7) is 4.30. The van der Waals surface area contributed by atoms with E-state index in [1.807, 2.05) is 0 Å². The fraction of sp³-hybridized carbons (Fsp3) is 0.391. The van der Waals surface area contributed by atoms with Gasteiger partial charge in [0.2, 0.25) is 0 Å². The van der Waals surface area contributed by atoms with Gasteiger partial charge in [-0.3, -0.25) is 0 Å². The average Bonchev–Trinajstić information content (AvgIpc) is 2.98. The lowest BCUT2D eigenvalue weighted by Gasteiger charge is -2.19. The summed E-state index contributed by atoms with van der Waals surface area (Å²) in [5.74, 6) is 1.77. The lowest BCUT2D eigenvalue weighted by Crippen LogP contribution is -2.23. The van der Waals surface area contributed by atoms with Gasteiger partial charge in [-0.1, -0.05) is 48.2 Å². The molecular formula is C23H30N4S2. The molecule has 29 heavy (non-hydrogen) atoms. The molecule has 3 rings (SSSR count). The van der Waals surface area contributed by atoms with Gasteiger partial charge in [0.1, 0.15) is 10.6 Å². The molecule has 1 heterocycles. The van der Waals surface area contributed by atoms with Crippen LogP contribution in [0.5, 0.6) is 0 Å². The second-order valence-electron chi connectivity index (χ2n) is 7.99. The maximum atomic E-state index is 4.89. The zero-order valence-corrected chi connectivity index (χ0v) is 19.8. The first-order valence-corrected chi connectivity index (χ1v) is 11.7. The van der Waals surface area contributed by atoms with Gasteiger partial charge in [0.05, 0.1) is 0 Å². The maximum Gasteiger partial charge on any atom is 0.185 e. The second kappa shape index (κ2) is 9.26. The summed E-state index contributed by atoms with van der Waals surface area (Å²) in [6, 6.07) is 17.1. The Balaban J connectivity index is 1.68. The van der Waals surface area contributed by atoms with E-state index >= 15 is 0 Å². The fourth-order valence-corrected chi connectivity index (χ4v) is 5.36. The van der Waals surface area contributed by atoms with Crippen LogP contribution in [0.15, 0.2) is 58.5 Å². The minimum absolute atomic E-state index is 0.263. The monoisotopic (exact) mass is 426 g/mol. The van der Waals surface area contributed by atoms with Crippen molar-refractivity contribution < 1.29 is 0 Å². The number of anilines is 2. The van der Waals surface area contributed by atoms with Gasteiger partial charge in [-0.15, -0.1) is 11.8 Å². The molecule has 0 bridgehead atoms. The highest BCUT2D eigenvalue weighted by atomic mass is 32.2. The van der Waals surface area contributed by atoms with E-state index in [1.54, 1.807) is 23.5 Å². The van der Waals surface area contributed by atoms with Crippen molar-refractivity contribution in [3.8, 4) is 0 Å². The number of hydrogen-bond donors (Lipinski definition) is 0. The second-order valence-corrected chi connectivity index (χ2v) is 9.90. The Bertz CT molecular complexity index is 917. The number of benzene rings is 2. The highest BCUT2D eigenvalue weighted by molar-refractivity contribution is 8.15. The number of nitrogens with zero attached hydrogens (tertiary/aromatic N) is 4. The Morgan fingerprint density at radius 2 is 1.24 bits per heavy atom. The van der Waals surface area contributed by atoms with E-state index < -0.39 is 0 Å². The predicted molar refractivity (Wildman–Crippen MR) is 133 cm³/mol. The molecule has 0 atom stereocenters. The molecular weight excluding hydrogens is 396 g/mol. The van der Waals surface area contributed by atoms with Gasteiger partial charge in [0.25, 0.3) is 0 Å². The first kappa shape index (κ1) is 21.8. The van der Waals surface area contributed by atoms with Gasteiger partial charge in [0, 0.05) is 51.1 Å². The normalized spacial score (nSPS) is 15.1. The van der Waals surface area contributed by atoms with Gasteiger partial charge < -0.3 is 9.80 Å². The maximum absolute atomic E-state index is 4.89. The van der Waals surface area contributed by atoms with Crippen molar-refractivity contribution in [3.63, 3.8) is 0 Å². The number of para-hydroxylation sites is 2. The standard InChI is InChI=1S/C23H30N4S2/c1-23(2)21(28-15-17-11-7-9-13-19(17)26(3)4)24-22(25-23)29-16-18-12-8-10-14-20(18)27(5)6/h7-14H,15-16H2,1-6H3. The van der Waals surface area contributed by atoms with Crippen LogP contribution >= 0.6 is 23.5 Å². The van der Waals surface area contributed by atoms with Crippen molar-refractivity contribution in [2.24, 2.45) is 9.98 Å². The Labute approximate surface area is 183 Å². The molecule has 0 spiro atoms. The van der Waals surface area contributed by atoms with Gasteiger partial charge in [-0.25, -0.2) is 9.98 Å². The summed E-state index contributed by atoms with van der Waals surface area (Å²) in [5, 5.41) is 1.97. The number of aliphatic imine (C=N–C) groups is 2. The van der Waals surface area contributed by atoms with Gasteiger partial charge in [0.15, 0.2) is 5.17 Å². The predicted octanol–water partition coefficient (Wildman–Crippen LogP) is 5.53. The van der Waals surface area contributed by atoms with Crippen LogP contribution < -0.4 is 9.80 Å². The molecule has 0 saturated carbocycles. The third-order valence-corrected chi connectivity index (χ3v) is 6.98. The molecule has 0 fully saturated rings.